The topological polar surface area (TPSA) is 95.2 Å². The van der Waals surface area contributed by atoms with E-state index >= 15 is 0 Å². The van der Waals surface area contributed by atoms with Gasteiger partial charge in [0.25, 0.3) is 0 Å². The molecule has 0 saturated heterocycles. The molecule has 0 aromatic heterocycles. The summed E-state index contributed by atoms with van der Waals surface area (Å²) in [5.41, 5.74) is 0.993. The van der Waals surface area contributed by atoms with Crippen molar-refractivity contribution >= 4 is 50.5 Å². The third-order valence-electron chi connectivity index (χ3n) is 2.71. The van der Waals surface area contributed by atoms with Gasteiger partial charge in [0.1, 0.15) is 12.1 Å². The van der Waals surface area contributed by atoms with E-state index < -0.39 is 0 Å². The number of benzene rings is 2. The molecule has 0 atom stereocenters. The first kappa shape index (κ1) is 23.0. The summed E-state index contributed by atoms with van der Waals surface area (Å²) >= 11 is 19.4. The van der Waals surface area contributed by atoms with Crippen LogP contribution in [-0.2, 0) is 71.6 Å². The van der Waals surface area contributed by atoms with E-state index in [4.69, 9.17) is 71.6 Å². The van der Waals surface area contributed by atoms with Gasteiger partial charge in [0.2, 0.25) is 0 Å². The smallest absolute Gasteiger partial charge is 0.781 e. The maximum atomic E-state index is 8.64. The molecule has 0 bridgehead atoms. The van der Waals surface area contributed by atoms with Crippen LogP contribution in [0.1, 0.15) is 22.3 Å². The molecular weight excluding hydrogens is 572 g/mol. The molecule has 0 aliphatic heterocycles. The van der Waals surface area contributed by atoms with Crippen LogP contribution in [0.5, 0.6) is 0 Å². The molecule has 122 valence electrons. The molecule has 4 nitrogen and oxygen atoms in total. The third-order valence-corrected chi connectivity index (χ3v) is 4.49. The fraction of sp³-hybridized carbons (Fsp3) is 0. The van der Waals surface area contributed by atoms with Gasteiger partial charge in [-0.05, 0) is 12.1 Å². The Balaban J connectivity index is 0.000000443. The molecule has 0 amide bonds. The Labute approximate surface area is 182 Å². The van der Waals surface area contributed by atoms with E-state index in [-0.39, 0.29) is 43.3 Å². The average molecular weight is 576 g/mol. The first-order valence-corrected chi connectivity index (χ1v) is 7.67. The summed E-state index contributed by atoms with van der Waals surface area (Å²) in [7, 11) is 0. The number of hydrogen-bond donors (Lipinski definition) is 0. The molecule has 2 rings (SSSR count). The van der Waals surface area contributed by atoms with Crippen molar-refractivity contribution in [1.82, 2.24) is 0 Å². The third kappa shape index (κ3) is 5.48. The van der Waals surface area contributed by atoms with Gasteiger partial charge in [-0.15, -0.1) is 0 Å². The van der Waals surface area contributed by atoms with Gasteiger partial charge in [-0.2, -0.15) is 40.6 Å². The van der Waals surface area contributed by atoms with Gasteiger partial charge in [0, 0.05) is 11.1 Å². The largest absolute Gasteiger partial charge is 4.00 e. The zero-order valence-corrected chi connectivity index (χ0v) is 17.6. The summed E-state index contributed by atoms with van der Waals surface area (Å²) in [6.45, 7) is 0. The molecule has 0 N–H and O–H groups in total. The monoisotopic (exact) mass is 575 g/mol. The van der Waals surface area contributed by atoms with Crippen molar-refractivity contribution in [3.05, 3.63) is 46.5 Å². The van der Waals surface area contributed by atoms with Crippen molar-refractivity contribution in [1.29, 1.82) is 21.0 Å². The van der Waals surface area contributed by atoms with Crippen LogP contribution in [0, 0.1) is 45.3 Å². The number of nitrogens with zero attached hydrogens (tertiary/aromatic N) is 4. The van der Waals surface area contributed by atoms with E-state index in [1.54, 1.807) is 12.1 Å². The van der Waals surface area contributed by atoms with Crippen molar-refractivity contribution in [3.8, 4) is 24.3 Å². The Morgan fingerprint density at radius 2 is 0.880 bits per heavy atom. The first-order chi connectivity index (χ1) is 11.4. The van der Waals surface area contributed by atoms with Gasteiger partial charge >= 0.3 is 21.1 Å². The normalized spacial score (nSPS) is 8.16. The van der Waals surface area contributed by atoms with Gasteiger partial charge in [0.15, 0.2) is 0 Å². The van der Waals surface area contributed by atoms with E-state index in [1.165, 1.54) is 12.1 Å². The molecule has 0 fully saturated rings. The zero-order valence-electron chi connectivity index (χ0n) is 12.0. The van der Waals surface area contributed by atoms with Crippen LogP contribution in [0.2, 0.25) is 0 Å². The first-order valence-electron chi connectivity index (χ1n) is 6.03. The molecule has 0 aliphatic carbocycles. The van der Waals surface area contributed by atoms with Gasteiger partial charge in [-0.3, -0.25) is 0 Å². The summed E-state index contributed by atoms with van der Waals surface area (Å²) in [5.74, 6) is 0. The second-order valence-electron chi connectivity index (χ2n) is 4.08. The molecule has 0 unspecified atom stereocenters. The Morgan fingerprint density at radius 3 is 1.12 bits per heavy atom. The maximum Gasteiger partial charge on any atom is 4.00 e. The summed E-state index contributed by atoms with van der Waals surface area (Å²) < 4.78 is 0. The fourth-order valence-electron chi connectivity index (χ4n) is 1.54. The fourth-order valence-corrected chi connectivity index (χ4v) is 2.32. The van der Waals surface area contributed by atoms with Crippen LogP contribution in [0.3, 0.4) is 0 Å². The Morgan fingerprint density at radius 1 is 0.560 bits per heavy atom. The van der Waals surface area contributed by atoms with Gasteiger partial charge in [-0.25, -0.2) is 0 Å². The predicted octanol–water partition coefficient (Wildman–Crippen LogP) is 2.48. The van der Waals surface area contributed by atoms with Crippen molar-refractivity contribution in [2.24, 2.45) is 0 Å². The molecule has 0 spiro atoms. The van der Waals surface area contributed by atoms with Crippen molar-refractivity contribution < 1.29 is 21.1 Å². The van der Waals surface area contributed by atoms with Crippen molar-refractivity contribution in [3.63, 3.8) is 0 Å². The molecule has 2 aromatic rings. The Hall–Kier alpha value is -2.03. The molecule has 0 saturated carbocycles. The van der Waals surface area contributed by atoms with Crippen LogP contribution in [0.25, 0.3) is 0 Å². The summed E-state index contributed by atoms with van der Waals surface area (Å²) in [5, 5.41) is 34.4. The van der Waals surface area contributed by atoms with E-state index in [0.717, 1.165) is 0 Å². The summed E-state index contributed by atoms with van der Waals surface area (Å²) in [4.78, 5) is 1.49. The standard InChI is InChI=1S/2C8H4N2S2.Pt/c2*9-3-5-1-2-7(11)8(12)6(5)4-10;/h2*1-2,11-12H;/q;;+4/p-4. The molecule has 0 heterocycles. The summed E-state index contributed by atoms with van der Waals surface area (Å²) in [6, 6.07) is 13.6. The minimum Gasteiger partial charge on any atom is -0.781 e. The molecule has 25 heavy (non-hydrogen) atoms. The van der Waals surface area contributed by atoms with E-state index in [1.807, 2.05) is 24.3 Å². The SMILES string of the molecule is N#Cc1ccc([S-])c([S-])c1C#N.N#Cc1ccc([S-])c([S-])c1C#N.[Pt+4]. The number of rotatable bonds is 0. The van der Waals surface area contributed by atoms with E-state index in [2.05, 4.69) is 0 Å². The quantitative estimate of drug-likeness (QED) is 0.443. The minimum absolute atomic E-state index is 0. The minimum atomic E-state index is 0. The van der Waals surface area contributed by atoms with Crippen LogP contribution in [0.4, 0.5) is 0 Å². The van der Waals surface area contributed by atoms with Crippen molar-refractivity contribution in [2.75, 3.05) is 0 Å². The van der Waals surface area contributed by atoms with E-state index in [9.17, 15) is 0 Å². The van der Waals surface area contributed by atoms with Crippen LogP contribution in [0.15, 0.2) is 43.8 Å². The maximum absolute atomic E-state index is 8.64. The Kier molecular flexibility index (Phi) is 9.88. The number of hydrogen-bond acceptors (Lipinski definition) is 8. The van der Waals surface area contributed by atoms with Gasteiger partial charge in [0.05, 0.1) is 23.3 Å². The second kappa shape index (κ2) is 10.8. The van der Waals surface area contributed by atoms with Gasteiger partial charge in [-0.1, -0.05) is 12.1 Å². The van der Waals surface area contributed by atoms with E-state index in [0.29, 0.717) is 19.6 Å². The molecule has 9 heteroatoms. The van der Waals surface area contributed by atoms with Crippen LogP contribution < -0.4 is 0 Å². The van der Waals surface area contributed by atoms with Crippen molar-refractivity contribution in [2.45, 2.75) is 19.6 Å². The zero-order chi connectivity index (χ0) is 18.3. The summed E-state index contributed by atoms with van der Waals surface area (Å²) in [6.07, 6.45) is 0. The predicted molar refractivity (Wildman–Crippen MR) is 94.3 cm³/mol. The van der Waals surface area contributed by atoms with Gasteiger partial charge < -0.3 is 50.5 Å². The molecule has 2 aromatic carbocycles. The van der Waals surface area contributed by atoms with Crippen LogP contribution >= 0.6 is 0 Å². The average Bonchev–Trinajstić information content (AvgIpc) is 2.59. The molecule has 0 aliphatic rings. The Bertz CT molecular complexity index is 883. The second-order valence-corrected chi connectivity index (χ2v) is 5.77. The molecular formula is C16H4N4PtS4. The molecule has 0 radical (unpaired) electrons. The van der Waals surface area contributed by atoms with Crippen LogP contribution in [-0.4, -0.2) is 0 Å². The number of nitriles is 4.